The Kier molecular flexibility index (Phi) is 8.30. The highest BCUT2D eigenvalue weighted by Gasteiger charge is 2.22. The van der Waals surface area contributed by atoms with Crippen molar-refractivity contribution in [3.05, 3.63) is 67.9 Å². The van der Waals surface area contributed by atoms with Gasteiger partial charge in [-0.1, -0.05) is 13.0 Å². The third kappa shape index (κ3) is 5.69. The van der Waals surface area contributed by atoms with Gasteiger partial charge in [0.1, 0.15) is 5.82 Å². The van der Waals surface area contributed by atoms with Crippen molar-refractivity contribution in [1.82, 2.24) is 4.72 Å². The Morgan fingerprint density at radius 1 is 1.30 bits per heavy atom. The van der Waals surface area contributed by atoms with Crippen molar-refractivity contribution in [2.24, 2.45) is 5.73 Å². The summed E-state index contributed by atoms with van der Waals surface area (Å²) in [6.45, 7) is 1.81. The Hall–Kier alpha value is -1.59. The first-order chi connectivity index (χ1) is 12.2. The minimum atomic E-state index is -3.82. The lowest BCUT2D eigenvalue weighted by Crippen LogP contribution is -2.25. The summed E-state index contributed by atoms with van der Waals surface area (Å²) < 4.78 is 40.7. The van der Waals surface area contributed by atoms with Gasteiger partial charge in [0.2, 0.25) is 10.0 Å². The molecule has 0 aliphatic carbocycles. The Balaban J connectivity index is 0.00000364. The molecule has 7 nitrogen and oxygen atoms in total. The van der Waals surface area contributed by atoms with Crippen LogP contribution in [0.4, 0.5) is 10.1 Å². The Labute approximate surface area is 170 Å². The maximum atomic E-state index is 13.4. The first kappa shape index (κ1) is 23.4. The third-order valence-corrected chi connectivity index (χ3v) is 5.94. The number of hydrogen-bond acceptors (Lipinski definition) is 5. The molecule has 0 aliphatic rings. The van der Waals surface area contributed by atoms with Crippen LogP contribution in [0.15, 0.2) is 45.8 Å². The number of rotatable bonds is 7. The van der Waals surface area contributed by atoms with Gasteiger partial charge in [-0.3, -0.25) is 10.1 Å². The number of non-ortho nitro benzene ring substituents is 1. The molecule has 1 atom stereocenters. The number of nitrogens with zero attached hydrogens (tertiary/aromatic N) is 1. The lowest BCUT2D eigenvalue weighted by atomic mass is 9.99. The van der Waals surface area contributed by atoms with Gasteiger partial charge in [-0.25, -0.2) is 17.5 Å². The fourth-order valence-corrected chi connectivity index (χ4v) is 4.13. The molecule has 0 amide bonds. The second kappa shape index (κ2) is 9.56. The SMILES string of the molecule is CCNS(=O)(=O)c1ccc([N+](=O)[O-])cc1C[C@H](N)c1ccc(F)c(Br)c1.Cl. The zero-order chi connectivity index (χ0) is 19.5. The quantitative estimate of drug-likeness (QED) is 0.463. The summed E-state index contributed by atoms with van der Waals surface area (Å²) in [5.41, 5.74) is 6.68. The molecule has 0 heterocycles. The monoisotopic (exact) mass is 481 g/mol. The van der Waals surface area contributed by atoms with Crippen LogP contribution < -0.4 is 10.5 Å². The molecule has 0 bridgehead atoms. The van der Waals surface area contributed by atoms with Gasteiger partial charge < -0.3 is 5.73 Å². The largest absolute Gasteiger partial charge is 0.324 e. The standard InChI is InChI=1S/C16H17BrFN3O4S.ClH/c1-2-20-26(24,25)16-6-4-12(21(22)23)7-11(16)9-15(19)10-3-5-14(18)13(17)8-10;/h3-8,15,20H,2,9,19H2,1H3;1H/t15-;/m0./s1. The van der Waals surface area contributed by atoms with E-state index in [1.165, 1.54) is 30.3 Å². The molecule has 148 valence electrons. The smallest absolute Gasteiger partial charge is 0.269 e. The average molecular weight is 483 g/mol. The van der Waals surface area contributed by atoms with E-state index in [2.05, 4.69) is 20.7 Å². The van der Waals surface area contributed by atoms with Crippen molar-refractivity contribution in [3.8, 4) is 0 Å². The summed E-state index contributed by atoms with van der Waals surface area (Å²) in [5.74, 6) is -0.452. The number of nitrogens with two attached hydrogens (primary N) is 1. The minimum absolute atomic E-state index is 0. The van der Waals surface area contributed by atoms with Crippen molar-refractivity contribution in [1.29, 1.82) is 0 Å². The molecule has 0 saturated carbocycles. The van der Waals surface area contributed by atoms with Gasteiger partial charge in [-0.05, 0) is 51.7 Å². The van der Waals surface area contributed by atoms with Crippen molar-refractivity contribution < 1.29 is 17.7 Å². The second-order valence-electron chi connectivity index (χ2n) is 5.53. The highest BCUT2D eigenvalue weighted by atomic mass is 79.9. The fraction of sp³-hybridized carbons (Fsp3) is 0.250. The van der Waals surface area contributed by atoms with Gasteiger partial charge in [0.25, 0.3) is 5.69 Å². The van der Waals surface area contributed by atoms with Crippen molar-refractivity contribution in [2.45, 2.75) is 24.3 Å². The molecule has 27 heavy (non-hydrogen) atoms. The first-order valence-corrected chi connectivity index (χ1v) is 9.91. The molecule has 11 heteroatoms. The fourth-order valence-electron chi connectivity index (χ4n) is 2.47. The molecule has 2 aromatic rings. The van der Waals surface area contributed by atoms with Crippen molar-refractivity contribution in [3.63, 3.8) is 0 Å². The molecule has 0 saturated heterocycles. The van der Waals surface area contributed by atoms with Gasteiger partial charge in [-0.2, -0.15) is 0 Å². The van der Waals surface area contributed by atoms with Crippen LogP contribution in [-0.2, 0) is 16.4 Å². The second-order valence-corrected chi connectivity index (χ2v) is 8.12. The molecule has 0 aromatic heterocycles. The maximum absolute atomic E-state index is 13.4. The molecule has 0 spiro atoms. The van der Waals surface area contributed by atoms with Crippen LogP contribution in [0, 0.1) is 15.9 Å². The summed E-state index contributed by atoms with van der Waals surface area (Å²) in [5, 5.41) is 11.0. The lowest BCUT2D eigenvalue weighted by Gasteiger charge is -2.16. The van der Waals surface area contributed by atoms with E-state index in [0.717, 1.165) is 6.07 Å². The summed E-state index contributed by atoms with van der Waals surface area (Å²) in [4.78, 5) is 10.4. The predicted molar refractivity (Wildman–Crippen MR) is 106 cm³/mol. The van der Waals surface area contributed by atoms with Gasteiger partial charge in [-0.15, -0.1) is 12.4 Å². The molecule has 0 aliphatic heterocycles. The summed E-state index contributed by atoms with van der Waals surface area (Å²) >= 11 is 3.07. The summed E-state index contributed by atoms with van der Waals surface area (Å²) in [6.07, 6.45) is 0.0275. The van der Waals surface area contributed by atoms with E-state index in [0.29, 0.717) is 5.56 Å². The molecule has 3 N–H and O–H groups in total. The number of benzene rings is 2. The number of nitro groups is 1. The molecule has 0 fully saturated rings. The topological polar surface area (TPSA) is 115 Å². The van der Waals surface area contributed by atoms with E-state index >= 15 is 0 Å². The van der Waals surface area contributed by atoms with Crippen LogP contribution >= 0.6 is 28.3 Å². The van der Waals surface area contributed by atoms with E-state index in [1.54, 1.807) is 6.92 Å². The molecular weight excluding hydrogens is 465 g/mol. The van der Waals surface area contributed by atoms with Crippen molar-refractivity contribution in [2.75, 3.05) is 6.54 Å². The highest BCUT2D eigenvalue weighted by molar-refractivity contribution is 9.10. The number of nitrogens with one attached hydrogen (secondary N) is 1. The minimum Gasteiger partial charge on any atom is -0.324 e. The predicted octanol–water partition coefficient (Wildman–Crippen LogP) is 3.46. The molecule has 2 rings (SSSR count). The van der Waals surface area contributed by atoms with Crippen molar-refractivity contribution >= 4 is 44.0 Å². The van der Waals surface area contributed by atoms with Gasteiger partial charge in [0.15, 0.2) is 0 Å². The normalized spacial score (nSPS) is 12.3. The number of nitro benzene ring substituents is 1. The molecule has 2 aromatic carbocycles. The summed E-state index contributed by atoms with van der Waals surface area (Å²) in [7, 11) is -3.82. The van der Waals surface area contributed by atoms with Crippen LogP contribution in [0.3, 0.4) is 0 Å². The van der Waals surface area contributed by atoms with Gasteiger partial charge in [0.05, 0.1) is 14.3 Å². The van der Waals surface area contributed by atoms with E-state index < -0.39 is 26.8 Å². The Morgan fingerprint density at radius 2 is 1.96 bits per heavy atom. The van der Waals surface area contributed by atoms with E-state index in [1.807, 2.05) is 0 Å². The van der Waals surface area contributed by atoms with Crippen LogP contribution in [0.1, 0.15) is 24.1 Å². The lowest BCUT2D eigenvalue weighted by molar-refractivity contribution is -0.385. The molecule has 0 unspecified atom stereocenters. The Bertz CT molecular complexity index is 943. The first-order valence-electron chi connectivity index (χ1n) is 7.63. The Morgan fingerprint density at radius 3 is 2.52 bits per heavy atom. The average Bonchev–Trinajstić information content (AvgIpc) is 2.56. The van der Waals surface area contributed by atoms with Crippen LogP contribution in [0.25, 0.3) is 0 Å². The van der Waals surface area contributed by atoms with Crippen LogP contribution in [0.5, 0.6) is 0 Å². The number of halogens is 3. The van der Waals surface area contributed by atoms with Crippen LogP contribution in [0.2, 0.25) is 0 Å². The summed E-state index contributed by atoms with van der Waals surface area (Å²) in [6, 6.07) is 7.07. The number of sulfonamides is 1. The van der Waals surface area contributed by atoms with E-state index in [-0.39, 0.29) is 46.0 Å². The molecular formula is C16H18BrClFN3O4S. The highest BCUT2D eigenvalue weighted by Crippen LogP contribution is 2.27. The maximum Gasteiger partial charge on any atom is 0.269 e. The third-order valence-electron chi connectivity index (χ3n) is 3.69. The van der Waals surface area contributed by atoms with Gasteiger partial charge in [0, 0.05) is 24.7 Å². The number of hydrogen-bond donors (Lipinski definition) is 2. The van der Waals surface area contributed by atoms with E-state index in [4.69, 9.17) is 5.73 Å². The zero-order valence-corrected chi connectivity index (χ0v) is 17.4. The van der Waals surface area contributed by atoms with Gasteiger partial charge >= 0.3 is 0 Å². The molecule has 0 radical (unpaired) electrons. The van der Waals surface area contributed by atoms with Crippen LogP contribution in [-0.4, -0.2) is 19.9 Å². The zero-order valence-electron chi connectivity index (χ0n) is 14.2. The van der Waals surface area contributed by atoms with E-state index in [9.17, 15) is 22.9 Å².